The van der Waals surface area contributed by atoms with Gasteiger partial charge in [0.05, 0.1) is 5.41 Å². The maximum absolute atomic E-state index is 12.7. The molecule has 0 radical (unpaired) electrons. The van der Waals surface area contributed by atoms with E-state index in [0.29, 0.717) is 6.61 Å². The molecule has 0 spiro atoms. The van der Waals surface area contributed by atoms with Gasteiger partial charge >= 0.3 is 0 Å². The lowest BCUT2D eigenvalue weighted by Crippen LogP contribution is -2.34. The van der Waals surface area contributed by atoms with E-state index >= 15 is 0 Å². The van der Waals surface area contributed by atoms with E-state index in [1.165, 1.54) is 0 Å². The van der Waals surface area contributed by atoms with E-state index in [-0.39, 0.29) is 5.91 Å². The molecule has 23 heavy (non-hydrogen) atoms. The zero-order valence-corrected chi connectivity index (χ0v) is 13.6. The van der Waals surface area contributed by atoms with Crippen LogP contribution in [0.15, 0.2) is 48.5 Å². The quantitative estimate of drug-likeness (QED) is 0.916. The highest BCUT2D eigenvalue weighted by molar-refractivity contribution is 5.98. The molecule has 1 aliphatic rings. The summed E-state index contributed by atoms with van der Waals surface area (Å²) >= 11 is 0. The number of amides is 1. The number of ether oxygens (including phenoxy) is 1. The molecule has 4 nitrogen and oxygen atoms in total. The predicted octanol–water partition coefficient (Wildman–Crippen LogP) is 3.08. The van der Waals surface area contributed by atoms with Gasteiger partial charge in [-0.15, -0.1) is 0 Å². The normalized spacial score (nSPS) is 14.3. The lowest BCUT2D eigenvalue weighted by atomic mass is 9.83. The summed E-state index contributed by atoms with van der Waals surface area (Å²) in [6, 6.07) is 15.6. The second kappa shape index (κ2) is 6.42. The number of anilines is 1. The van der Waals surface area contributed by atoms with Gasteiger partial charge in [0, 0.05) is 24.3 Å². The van der Waals surface area contributed by atoms with Crippen LogP contribution in [0.3, 0.4) is 0 Å². The van der Waals surface area contributed by atoms with Crippen molar-refractivity contribution in [2.45, 2.75) is 25.8 Å². The molecule has 120 valence electrons. The van der Waals surface area contributed by atoms with E-state index in [1.807, 2.05) is 62.4 Å². The van der Waals surface area contributed by atoms with Crippen LogP contribution < -0.4 is 15.4 Å². The van der Waals surface area contributed by atoms with Gasteiger partial charge in [-0.3, -0.25) is 4.79 Å². The van der Waals surface area contributed by atoms with Crippen LogP contribution in [0.25, 0.3) is 0 Å². The number of nitrogens with one attached hydrogen (secondary N) is 2. The maximum atomic E-state index is 12.7. The van der Waals surface area contributed by atoms with E-state index in [9.17, 15) is 4.79 Å². The number of benzene rings is 2. The van der Waals surface area contributed by atoms with E-state index in [0.717, 1.165) is 35.7 Å². The highest BCUT2D eigenvalue weighted by atomic mass is 16.5. The molecule has 0 atom stereocenters. The average Bonchev–Trinajstić information content (AvgIpc) is 2.80. The number of hydrogen-bond acceptors (Lipinski definition) is 3. The summed E-state index contributed by atoms with van der Waals surface area (Å²) in [6.45, 7) is 6.12. The summed E-state index contributed by atoms with van der Waals surface area (Å²) in [6.07, 6.45) is 0. The zero-order valence-electron chi connectivity index (χ0n) is 13.6. The van der Waals surface area contributed by atoms with Crippen molar-refractivity contribution in [2.75, 3.05) is 18.5 Å². The smallest absolute Gasteiger partial charge is 0.234 e. The molecule has 0 unspecified atom stereocenters. The van der Waals surface area contributed by atoms with Gasteiger partial charge in [-0.2, -0.15) is 0 Å². The van der Waals surface area contributed by atoms with Crippen molar-refractivity contribution in [3.63, 3.8) is 0 Å². The second-order valence-electron chi connectivity index (χ2n) is 6.29. The monoisotopic (exact) mass is 310 g/mol. The standard InChI is InChI=1S/C19H22N2O2/c1-19(2,15-6-4-3-5-7-15)18(22)21-16-8-9-17-14(12-16)13-20-10-11-23-17/h3-9,12,20H,10-11,13H2,1-2H3,(H,21,22). The Labute approximate surface area is 136 Å². The van der Waals surface area contributed by atoms with Crippen LogP contribution in [0.1, 0.15) is 25.0 Å². The first-order chi connectivity index (χ1) is 11.1. The van der Waals surface area contributed by atoms with Gasteiger partial charge in [0.15, 0.2) is 0 Å². The Balaban J connectivity index is 1.79. The minimum atomic E-state index is -0.594. The van der Waals surface area contributed by atoms with E-state index < -0.39 is 5.41 Å². The molecule has 0 saturated carbocycles. The third kappa shape index (κ3) is 3.37. The van der Waals surface area contributed by atoms with E-state index in [4.69, 9.17) is 4.74 Å². The SMILES string of the molecule is CC(C)(C(=O)Nc1ccc2c(c1)CNCCO2)c1ccccc1. The maximum Gasteiger partial charge on any atom is 0.234 e. The Kier molecular flexibility index (Phi) is 4.35. The van der Waals surface area contributed by atoms with Gasteiger partial charge in [-0.25, -0.2) is 0 Å². The molecule has 0 saturated heterocycles. The molecule has 1 amide bonds. The van der Waals surface area contributed by atoms with Gasteiger partial charge in [0.1, 0.15) is 12.4 Å². The third-order valence-corrected chi connectivity index (χ3v) is 4.23. The first-order valence-electron chi connectivity index (χ1n) is 7.91. The molecule has 3 rings (SSSR count). The molecule has 2 N–H and O–H groups in total. The Hall–Kier alpha value is -2.33. The van der Waals surface area contributed by atoms with Crippen molar-refractivity contribution >= 4 is 11.6 Å². The molecule has 0 aliphatic carbocycles. The summed E-state index contributed by atoms with van der Waals surface area (Å²) in [7, 11) is 0. The van der Waals surface area contributed by atoms with Crippen LogP contribution in [-0.2, 0) is 16.8 Å². The van der Waals surface area contributed by atoms with Crippen molar-refractivity contribution in [3.8, 4) is 5.75 Å². The van der Waals surface area contributed by atoms with E-state index in [2.05, 4.69) is 10.6 Å². The molecular formula is C19H22N2O2. The average molecular weight is 310 g/mol. The van der Waals surface area contributed by atoms with Crippen LogP contribution in [0.2, 0.25) is 0 Å². The van der Waals surface area contributed by atoms with Gasteiger partial charge < -0.3 is 15.4 Å². The fourth-order valence-electron chi connectivity index (χ4n) is 2.67. The number of hydrogen-bond donors (Lipinski definition) is 2. The van der Waals surface area contributed by atoms with Crippen LogP contribution >= 0.6 is 0 Å². The van der Waals surface area contributed by atoms with Crippen LogP contribution in [0, 0.1) is 0 Å². The molecule has 1 heterocycles. The van der Waals surface area contributed by atoms with Crippen molar-refractivity contribution in [3.05, 3.63) is 59.7 Å². The van der Waals surface area contributed by atoms with Crippen molar-refractivity contribution < 1.29 is 9.53 Å². The van der Waals surface area contributed by atoms with Gasteiger partial charge in [-0.05, 0) is 37.6 Å². The second-order valence-corrected chi connectivity index (χ2v) is 6.29. The van der Waals surface area contributed by atoms with Gasteiger partial charge in [0.25, 0.3) is 0 Å². The van der Waals surface area contributed by atoms with Crippen molar-refractivity contribution in [1.29, 1.82) is 0 Å². The Morgan fingerprint density at radius 2 is 1.96 bits per heavy atom. The molecular weight excluding hydrogens is 288 g/mol. The van der Waals surface area contributed by atoms with Crippen LogP contribution in [0.4, 0.5) is 5.69 Å². The fourth-order valence-corrected chi connectivity index (χ4v) is 2.67. The largest absolute Gasteiger partial charge is 0.492 e. The van der Waals surface area contributed by atoms with Crippen molar-refractivity contribution in [2.24, 2.45) is 0 Å². The third-order valence-electron chi connectivity index (χ3n) is 4.23. The highest BCUT2D eigenvalue weighted by Crippen LogP contribution is 2.27. The summed E-state index contributed by atoms with van der Waals surface area (Å²) < 4.78 is 5.67. The predicted molar refractivity (Wildman–Crippen MR) is 91.7 cm³/mol. The summed E-state index contributed by atoms with van der Waals surface area (Å²) in [5.74, 6) is 0.862. The lowest BCUT2D eigenvalue weighted by Gasteiger charge is -2.24. The number of rotatable bonds is 3. The Bertz CT molecular complexity index is 696. The number of carbonyl (C=O) groups excluding carboxylic acids is 1. The summed E-state index contributed by atoms with van der Waals surface area (Å²) in [4.78, 5) is 12.7. The first-order valence-corrected chi connectivity index (χ1v) is 7.91. The highest BCUT2D eigenvalue weighted by Gasteiger charge is 2.29. The minimum absolute atomic E-state index is 0.0221. The Morgan fingerprint density at radius 3 is 2.74 bits per heavy atom. The molecule has 1 aliphatic heterocycles. The minimum Gasteiger partial charge on any atom is -0.492 e. The lowest BCUT2D eigenvalue weighted by molar-refractivity contribution is -0.120. The molecule has 0 bridgehead atoms. The molecule has 4 heteroatoms. The molecule has 0 aromatic heterocycles. The fraction of sp³-hybridized carbons (Fsp3) is 0.316. The van der Waals surface area contributed by atoms with Gasteiger partial charge in [-0.1, -0.05) is 30.3 Å². The summed E-state index contributed by atoms with van der Waals surface area (Å²) in [5.41, 5.74) is 2.27. The zero-order chi connectivity index (χ0) is 16.3. The summed E-state index contributed by atoms with van der Waals surface area (Å²) in [5, 5.41) is 6.33. The first kappa shape index (κ1) is 15.6. The molecule has 2 aromatic carbocycles. The number of carbonyl (C=O) groups is 1. The molecule has 0 fully saturated rings. The van der Waals surface area contributed by atoms with Gasteiger partial charge in [0.2, 0.25) is 5.91 Å². The van der Waals surface area contributed by atoms with Crippen LogP contribution in [-0.4, -0.2) is 19.1 Å². The van der Waals surface area contributed by atoms with Crippen molar-refractivity contribution in [1.82, 2.24) is 5.32 Å². The molecule has 2 aromatic rings. The topological polar surface area (TPSA) is 50.4 Å². The van der Waals surface area contributed by atoms with E-state index in [1.54, 1.807) is 0 Å². The van der Waals surface area contributed by atoms with Crippen LogP contribution in [0.5, 0.6) is 5.75 Å². The number of fused-ring (bicyclic) bond motifs is 1. The Morgan fingerprint density at radius 1 is 1.17 bits per heavy atom.